The molecule has 2 aromatic carbocycles. The largest absolute Gasteiger partial charge is 0.364 e. The van der Waals surface area contributed by atoms with E-state index in [2.05, 4.69) is 68.0 Å². The van der Waals surface area contributed by atoms with Crippen LogP contribution in [-0.2, 0) is 4.79 Å². The van der Waals surface area contributed by atoms with Crippen molar-refractivity contribution in [1.29, 1.82) is 0 Å². The van der Waals surface area contributed by atoms with Crippen LogP contribution in [0.25, 0.3) is 6.08 Å². The molecule has 4 rings (SSSR count). The van der Waals surface area contributed by atoms with Gasteiger partial charge in [-0.3, -0.25) is 4.79 Å². The second-order valence-corrected chi connectivity index (χ2v) is 11.0. The normalized spacial score (nSPS) is 22.6. The summed E-state index contributed by atoms with van der Waals surface area (Å²) < 4.78 is 0. The van der Waals surface area contributed by atoms with E-state index in [4.69, 9.17) is 11.6 Å². The molecule has 0 aromatic heterocycles. The third-order valence-corrected chi connectivity index (χ3v) is 7.55. The number of amidine groups is 1. The van der Waals surface area contributed by atoms with Gasteiger partial charge >= 0.3 is 0 Å². The zero-order valence-electron chi connectivity index (χ0n) is 19.5. The molecule has 1 amide bonds. The van der Waals surface area contributed by atoms with Gasteiger partial charge in [0.2, 0.25) is 0 Å². The summed E-state index contributed by atoms with van der Waals surface area (Å²) in [6.45, 7) is 13.4. The number of amides is 1. The standard InChI is InChI=1S/C26H30ClN3OS/c1-15(2)30-22-11-10-18(12-19(22)16(3)14-26(30,5)6)13-23-24(31)29-25(32-23)28-21-9-7-8-20(27)17(21)4/h7-13,15-16H,14H2,1-6H3,(H,28,29,31)/b23-13-. The maximum Gasteiger partial charge on any atom is 0.264 e. The van der Waals surface area contributed by atoms with Crippen LogP contribution in [0.4, 0.5) is 11.4 Å². The Morgan fingerprint density at radius 2 is 2.03 bits per heavy atom. The highest BCUT2D eigenvalue weighted by molar-refractivity contribution is 8.18. The maximum atomic E-state index is 12.6. The van der Waals surface area contributed by atoms with E-state index in [1.165, 1.54) is 23.0 Å². The summed E-state index contributed by atoms with van der Waals surface area (Å²) in [7, 11) is 0. The third kappa shape index (κ3) is 4.33. The first-order chi connectivity index (χ1) is 15.1. The molecule has 0 bridgehead atoms. The van der Waals surface area contributed by atoms with Crippen molar-refractivity contribution in [2.24, 2.45) is 4.99 Å². The lowest BCUT2D eigenvalue weighted by Gasteiger charge is -2.50. The van der Waals surface area contributed by atoms with Crippen molar-refractivity contribution in [2.75, 3.05) is 4.90 Å². The number of carbonyl (C=O) groups is 1. The molecule has 32 heavy (non-hydrogen) atoms. The highest BCUT2D eigenvalue weighted by Crippen LogP contribution is 2.45. The van der Waals surface area contributed by atoms with Crippen molar-refractivity contribution in [1.82, 2.24) is 5.32 Å². The minimum absolute atomic E-state index is 0.117. The molecular formula is C26H30ClN3OS. The van der Waals surface area contributed by atoms with Gasteiger partial charge in [0.25, 0.3) is 5.91 Å². The smallest absolute Gasteiger partial charge is 0.264 e. The molecule has 0 aliphatic carbocycles. The van der Waals surface area contributed by atoms with Crippen LogP contribution in [0.5, 0.6) is 0 Å². The molecule has 6 heteroatoms. The molecule has 0 radical (unpaired) electrons. The van der Waals surface area contributed by atoms with E-state index in [-0.39, 0.29) is 11.4 Å². The van der Waals surface area contributed by atoms with E-state index in [0.29, 0.717) is 27.1 Å². The molecule has 2 aliphatic heterocycles. The number of hydrogen-bond acceptors (Lipinski definition) is 4. The molecule has 1 saturated heterocycles. The zero-order valence-corrected chi connectivity index (χ0v) is 21.1. The number of aliphatic imine (C=N–C) groups is 1. The predicted octanol–water partition coefficient (Wildman–Crippen LogP) is 7.04. The van der Waals surface area contributed by atoms with Gasteiger partial charge in [-0.2, -0.15) is 0 Å². The first-order valence-corrected chi connectivity index (χ1v) is 12.2. The fourth-order valence-corrected chi connectivity index (χ4v) is 6.00. The minimum atomic E-state index is -0.121. The van der Waals surface area contributed by atoms with Gasteiger partial charge in [-0.25, -0.2) is 4.99 Å². The van der Waals surface area contributed by atoms with Gasteiger partial charge in [-0.1, -0.05) is 30.7 Å². The molecule has 0 saturated carbocycles. The van der Waals surface area contributed by atoms with Gasteiger partial charge in [-0.15, -0.1) is 0 Å². The predicted molar refractivity (Wildman–Crippen MR) is 138 cm³/mol. The van der Waals surface area contributed by atoms with Crippen molar-refractivity contribution < 1.29 is 4.79 Å². The number of thioether (sulfide) groups is 1. The van der Waals surface area contributed by atoms with Gasteiger partial charge in [0.05, 0.1) is 10.6 Å². The Balaban J connectivity index is 1.64. The molecule has 168 valence electrons. The minimum Gasteiger partial charge on any atom is -0.364 e. The Labute approximate surface area is 200 Å². The van der Waals surface area contributed by atoms with Gasteiger partial charge in [0.15, 0.2) is 5.17 Å². The average Bonchev–Trinajstić information content (AvgIpc) is 3.04. The highest BCUT2D eigenvalue weighted by Gasteiger charge is 2.37. The molecule has 0 spiro atoms. The first kappa shape index (κ1) is 22.9. The van der Waals surface area contributed by atoms with E-state index < -0.39 is 0 Å². The summed E-state index contributed by atoms with van der Waals surface area (Å²) in [5.74, 6) is 0.338. The number of benzene rings is 2. The summed E-state index contributed by atoms with van der Waals surface area (Å²) in [6, 6.07) is 12.6. The average molecular weight is 468 g/mol. The Morgan fingerprint density at radius 1 is 1.28 bits per heavy atom. The van der Waals surface area contributed by atoms with Gasteiger partial charge < -0.3 is 10.2 Å². The summed E-state index contributed by atoms with van der Waals surface area (Å²) in [6.07, 6.45) is 3.06. The van der Waals surface area contributed by atoms with Crippen molar-refractivity contribution >= 4 is 51.9 Å². The summed E-state index contributed by atoms with van der Waals surface area (Å²) >= 11 is 7.57. The quantitative estimate of drug-likeness (QED) is 0.492. The van der Waals surface area contributed by atoms with Crippen LogP contribution in [0.3, 0.4) is 0 Å². The lowest BCUT2D eigenvalue weighted by atomic mass is 9.79. The molecule has 1 N–H and O–H groups in total. The van der Waals surface area contributed by atoms with Crippen LogP contribution in [0, 0.1) is 6.92 Å². The van der Waals surface area contributed by atoms with Crippen LogP contribution in [0.15, 0.2) is 46.3 Å². The highest BCUT2D eigenvalue weighted by atomic mass is 35.5. The van der Waals surface area contributed by atoms with E-state index in [9.17, 15) is 4.79 Å². The van der Waals surface area contributed by atoms with Crippen LogP contribution < -0.4 is 10.2 Å². The lowest BCUT2D eigenvalue weighted by Crippen LogP contribution is -2.51. The van der Waals surface area contributed by atoms with E-state index in [0.717, 1.165) is 23.2 Å². The van der Waals surface area contributed by atoms with Crippen LogP contribution in [0.1, 0.15) is 63.6 Å². The number of anilines is 1. The Bertz CT molecular complexity index is 1140. The molecular weight excluding hydrogens is 438 g/mol. The van der Waals surface area contributed by atoms with Gasteiger partial charge in [0.1, 0.15) is 0 Å². The number of nitrogens with zero attached hydrogens (tertiary/aromatic N) is 2. The fourth-order valence-electron chi connectivity index (χ4n) is 5.00. The number of hydrogen-bond donors (Lipinski definition) is 1. The van der Waals surface area contributed by atoms with Crippen LogP contribution >= 0.6 is 23.4 Å². The molecule has 4 nitrogen and oxygen atoms in total. The molecule has 2 aromatic rings. The number of halogens is 1. The summed E-state index contributed by atoms with van der Waals surface area (Å²) in [5.41, 5.74) is 5.46. The molecule has 1 unspecified atom stereocenters. The Hall–Kier alpha value is -2.24. The molecule has 1 atom stereocenters. The van der Waals surface area contributed by atoms with Crippen LogP contribution in [-0.4, -0.2) is 22.7 Å². The molecule has 2 aliphatic rings. The van der Waals surface area contributed by atoms with Gasteiger partial charge in [-0.05, 0) is 106 Å². The molecule has 1 fully saturated rings. The zero-order chi connectivity index (χ0) is 23.2. The number of fused-ring (bicyclic) bond motifs is 1. The van der Waals surface area contributed by atoms with Crippen molar-refractivity contribution in [3.63, 3.8) is 0 Å². The summed E-state index contributed by atoms with van der Waals surface area (Å²) in [4.78, 5) is 20.4. The summed E-state index contributed by atoms with van der Waals surface area (Å²) in [5, 5.41) is 4.12. The second kappa shape index (κ2) is 8.60. The number of carbonyl (C=O) groups excluding carboxylic acids is 1. The van der Waals surface area contributed by atoms with Crippen LogP contribution in [0.2, 0.25) is 5.02 Å². The molecule has 2 heterocycles. The third-order valence-electron chi connectivity index (χ3n) is 6.23. The maximum absolute atomic E-state index is 12.6. The monoisotopic (exact) mass is 467 g/mol. The SMILES string of the molecule is Cc1c(Cl)cccc1N=C1NC(=O)/C(=C/c2ccc3c(c2)C(C)CC(C)(C)N3C(C)C)S1. The van der Waals surface area contributed by atoms with Crippen molar-refractivity contribution in [3.05, 3.63) is 63.0 Å². The second-order valence-electron chi connectivity index (χ2n) is 9.57. The first-order valence-electron chi connectivity index (χ1n) is 11.0. The lowest BCUT2D eigenvalue weighted by molar-refractivity contribution is -0.115. The number of rotatable bonds is 3. The van der Waals surface area contributed by atoms with E-state index >= 15 is 0 Å². The van der Waals surface area contributed by atoms with Crippen molar-refractivity contribution in [2.45, 2.75) is 65.5 Å². The van der Waals surface area contributed by atoms with Crippen molar-refractivity contribution in [3.8, 4) is 0 Å². The fraction of sp³-hybridized carbons (Fsp3) is 0.385. The topological polar surface area (TPSA) is 44.7 Å². The van der Waals surface area contributed by atoms with E-state index in [1.807, 2.05) is 31.2 Å². The number of nitrogens with one attached hydrogen (secondary N) is 1. The van der Waals surface area contributed by atoms with Gasteiger partial charge in [0, 0.05) is 22.3 Å². The Kier molecular flexibility index (Phi) is 6.17. The van der Waals surface area contributed by atoms with E-state index in [1.54, 1.807) is 0 Å². The Morgan fingerprint density at radius 3 is 2.75 bits per heavy atom.